The highest BCUT2D eigenvalue weighted by Gasteiger charge is 2.35. The largest absolute Gasteiger partial charge is 0.419 e. The molecule has 21 heavy (non-hydrogen) atoms. The molecule has 0 heterocycles. The fourth-order valence-corrected chi connectivity index (χ4v) is 2.89. The molecule has 0 bridgehead atoms. The van der Waals surface area contributed by atoms with Gasteiger partial charge in [0.1, 0.15) is 5.82 Å². The molecule has 2 aromatic carbocycles. The molecule has 0 radical (unpaired) electrons. The Kier molecular flexibility index (Phi) is 4.71. The van der Waals surface area contributed by atoms with Crippen molar-refractivity contribution in [2.75, 3.05) is 0 Å². The van der Waals surface area contributed by atoms with Gasteiger partial charge in [-0.3, -0.25) is 0 Å². The summed E-state index contributed by atoms with van der Waals surface area (Å²) >= 11 is 3.29. The van der Waals surface area contributed by atoms with Gasteiger partial charge in [-0.15, -0.1) is 0 Å². The molecule has 1 atom stereocenters. The summed E-state index contributed by atoms with van der Waals surface area (Å²) in [6.45, 7) is 1.93. The summed E-state index contributed by atoms with van der Waals surface area (Å²) in [7, 11) is 0. The van der Waals surface area contributed by atoms with Crippen molar-refractivity contribution in [2.24, 2.45) is 0 Å². The lowest BCUT2D eigenvalue weighted by Gasteiger charge is -2.15. The molecule has 0 spiro atoms. The average Bonchev–Trinajstić information content (AvgIpc) is 2.37. The Bertz CT molecular complexity index is 634. The van der Waals surface area contributed by atoms with Gasteiger partial charge in [0.25, 0.3) is 0 Å². The van der Waals surface area contributed by atoms with Crippen LogP contribution >= 0.6 is 15.9 Å². The summed E-state index contributed by atoms with van der Waals surface area (Å²) in [6.07, 6.45) is -4.27. The van der Waals surface area contributed by atoms with E-state index in [1.54, 1.807) is 0 Å². The van der Waals surface area contributed by atoms with Crippen LogP contribution in [0.2, 0.25) is 0 Å². The molecule has 2 rings (SSSR count). The highest BCUT2D eigenvalue weighted by Crippen LogP contribution is 2.36. The first-order valence-electron chi connectivity index (χ1n) is 6.34. The number of rotatable bonds is 3. The van der Waals surface area contributed by atoms with Gasteiger partial charge in [-0.1, -0.05) is 57.9 Å². The van der Waals surface area contributed by atoms with Crippen molar-refractivity contribution in [3.63, 3.8) is 0 Å². The van der Waals surface area contributed by atoms with Crippen molar-refractivity contribution in [2.45, 2.75) is 24.3 Å². The van der Waals surface area contributed by atoms with Gasteiger partial charge in [0.05, 0.1) is 5.56 Å². The zero-order chi connectivity index (χ0) is 15.6. The SMILES string of the molecule is Cc1cccc(CC(Br)c2cccc(C(F)(F)F)c2F)c1. The van der Waals surface area contributed by atoms with Gasteiger partial charge in [0.15, 0.2) is 0 Å². The Morgan fingerprint density at radius 1 is 1.10 bits per heavy atom. The molecule has 5 heteroatoms. The van der Waals surface area contributed by atoms with Crippen molar-refractivity contribution in [1.82, 2.24) is 0 Å². The van der Waals surface area contributed by atoms with Crippen LogP contribution in [0.5, 0.6) is 0 Å². The normalized spacial score (nSPS) is 13.2. The lowest BCUT2D eigenvalue weighted by Crippen LogP contribution is -2.11. The van der Waals surface area contributed by atoms with Crippen LogP contribution in [0.4, 0.5) is 17.6 Å². The van der Waals surface area contributed by atoms with Crippen molar-refractivity contribution in [3.8, 4) is 0 Å². The van der Waals surface area contributed by atoms with E-state index in [1.807, 2.05) is 31.2 Å². The van der Waals surface area contributed by atoms with Gasteiger partial charge < -0.3 is 0 Å². The third-order valence-electron chi connectivity index (χ3n) is 3.17. The van der Waals surface area contributed by atoms with Gasteiger partial charge >= 0.3 is 6.18 Å². The molecule has 1 unspecified atom stereocenters. The van der Waals surface area contributed by atoms with Gasteiger partial charge in [-0.25, -0.2) is 4.39 Å². The second-order valence-corrected chi connectivity index (χ2v) is 5.97. The van der Waals surface area contributed by atoms with Crippen molar-refractivity contribution < 1.29 is 17.6 Å². The topological polar surface area (TPSA) is 0 Å². The van der Waals surface area contributed by atoms with E-state index in [4.69, 9.17) is 0 Å². The number of alkyl halides is 4. The van der Waals surface area contributed by atoms with Crippen LogP contribution in [0.15, 0.2) is 42.5 Å². The molecule has 0 nitrogen and oxygen atoms in total. The smallest absolute Gasteiger partial charge is 0.206 e. The maximum Gasteiger partial charge on any atom is 0.419 e. The predicted molar refractivity (Wildman–Crippen MR) is 78.0 cm³/mol. The Hall–Kier alpha value is -1.36. The highest BCUT2D eigenvalue weighted by molar-refractivity contribution is 9.09. The first-order chi connectivity index (χ1) is 9.79. The van der Waals surface area contributed by atoms with Gasteiger partial charge in [0, 0.05) is 10.4 Å². The third kappa shape index (κ3) is 3.84. The molecule has 0 aliphatic heterocycles. The lowest BCUT2D eigenvalue weighted by molar-refractivity contribution is -0.140. The summed E-state index contributed by atoms with van der Waals surface area (Å²) in [4.78, 5) is -0.512. The molecule has 0 fully saturated rings. The van der Waals surface area contributed by atoms with Crippen molar-refractivity contribution >= 4 is 15.9 Å². The van der Waals surface area contributed by atoms with E-state index in [2.05, 4.69) is 15.9 Å². The number of hydrogen-bond donors (Lipinski definition) is 0. The number of halogens is 5. The van der Waals surface area contributed by atoms with Gasteiger partial charge in [-0.05, 0) is 25.0 Å². The van der Waals surface area contributed by atoms with E-state index >= 15 is 0 Å². The molecule has 112 valence electrons. The number of hydrogen-bond acceptors (Lipinski definition) is 0. The third-order valence-corrected chi connectivity index (χ3v) is 3.99. The lowest BCUT2D eigenvalue weighted by atomic mass is 10.0. The zero-order valence-corrected chi connectivity index (χ0v) is 12.8. The van der Waals surface area contributed by atoms with Gasteiger partial charge in [0.2, 0.25) is 0 Å². The van der Waals surface area contributed by atoms with Crippen LogP contribution in [-0.2, 0) is 12.6 Å². The summed E-state index contributed by atoms with van der Waals surface area (Å²) in [6, 6.07) is 11.0. The summed E-state index contributed by atoms with van der Waals surface area (Å²) in [5, 5.41) is 0. The predicted octanol–water partition coefficient (Wildman–Crippen LogP) is 5.83. The summed E-state index contributed by atoms with van der Waals surface area (Å²) in [5.74, 6) is -1.21. The first kappa shape index (κ1) is 16.0. The molecule has 0 aromatic heterocycles. The number of aryl methyl sites for hydroxylation is 1. The van der Waals surface area contributed by atoms with Crippen molar-refractivity contribution in [3.05, 3.63) is 70.5 Å². The Balaban J connectivity index is 2.30. The molecule has 0 aliphatic carbocycles. The van der Waals surface area contributed by atoms with E-state index in [-0.39, 0.29) is 5.56 Å². The summed E-state index contributed by atoms with van der Waals surface area (Å²) < 4.78 is 52.2. The monoisotopic (exact) mass is 360 g/mol. The quantitative estimate of drug-likeness (QED) is 0.477. The molecular formula is C16H13BrF4. The Labute approximate surface area is 128 Å². The molecule has 0 saturated heterocycles. The summed E-state index contributed by atoms with van der Waals surface area (Å²) in [5.41, 5.74) is 0.783. The zero-order valence-electron chi connectivity index (χ0n) is 11.2. The fourth-order valence-electron chi connectivity index (χ4n) is 2.17. The molecule has 0 saturated carbocycles. The molecule has 2 aromatic rings. The van der Waals surface area contributed by atoms with Crippen LogP contribution in [0.1, 0.15) is 27.1 Å². The second-order valence-electron chi connectivity index (χ2n) is 4.87. The second kappa shape index (κ2) is 6.18. The van der Waals surface area contributed by atoms with Crippen LogP contribution < -0.4 is 0 Å². The van der Waals surface area contributed by atoms with Crippen LogP contribution in [-0.4, -0.2) is 0 Å². The van der Waals surface area contributed by atoms with E-state index in [1.165, 1.54) is 12.1 Å². The highest BCUT2D eigenvalue weighted by atomic mass is 79.9. The average molecular weight is 361 g/mol. The Morgan fingerprint density at radius 2 is 1.76 bits per heavy atom. The molecular weight excluding hydrogens is 348 g/mol. The minimum Gasteiger partial charge on any atom is -0.206 e. The van der Waals surface area contributed by atoms with E-state index in [0.29, 0.717) is 6.42 Å². The minimum atomic E-state index is -4.68. The fraction of sp³-hybridized carbons (Fsp3) is 0.250. The molecule has 0 amide bonds. The van der Waals surface area contributed by atoms with Crippen LogP contribution in [0.3, 0.4) is 0 Å². The maximum absolute atomic E-state index is 14.1. The maximum atomic E-state index is 14.1. The van der Waals surface area contributed by atoms with E-state index in [9.17, 15) is 17.6 Å². The van der Waals surface area contributed by atoms with E-state index < -0.39 is 22.4 Å². The van der Waals surface area contributed by atoms with Crippen LogP contribution in [0, 0.1) is 12.7 Å². The molecule has 0 aliphatic rings. The minimum absolute atomic E-state index is 0.0198. The van der Waals surface area contributed by atoms with Crippen LogP contribution in [0.25, 0.3) is 0 Å². The number of benzene rings is 2. The first-order valence-corrected chi connectivity index (χ1v) is 7.26. The van der Waals surface area contributed by atoms with Crippen molar-refractivity contribution in [1.29, 1.82) is 0 Å². The Morgan fingerprint density at radius 3 is 2.38 bits per heavy atom. The standard InChI is InChI=1S/C16H13BrF4/c1-10-4-2-5-11(8-10)9-14(17)12-6-3-7-13(15(12)18)16(19,20)21/h2-8,14H,9H2,1H3. The molecule has 0 N–H and O–H groups in total. The van der Waals surface area contributed by atoms with E-state index in [0.717, 1.165) is 17.2 Å². The van der Waals surface area contributed by atoms with Gasteiger partial charge in [-0.2, -0.15) is 13.2 Å².